The lowest BCUT2D eigenvalue weighted by Crippen LogP contribution is -2.23. The monoisotopic (exact) mass is 232 g/mol. The van der Waals surface area contributed by atoms with Crippen molar-refractivity contribution in [1.29, 1.82) is 0 Å². The molecule has 2 rings (SSSR count). The smallest absolute Gasteiger partial charge is 0.269 e. The Kier molecular flexibility index (Phi) is 3.24. The summed E-state index contributed by atoms with van der Waals surface area (Å²) in [6.07, 6.45) is 3.22. The molecule has 0 radical (unpaired) electrons. The highest BCUT2D eigenvalue weighted by Gasteiger charge is 2.14. The molecule has 0 spiro atoms. The molecule has 90 valence electrons. The van der Waals surface area contributed by atoms with Gasteiger partial charge in [0.1, 0.15) is 0 Å². The topological polar surface area (TPSA) is 46.4 Å². The summed E-state index contributed by atoms with van der Waals surface area (Å²) in [6.45, 7) is 3.93. The zero-order valence-electron chi connectivity index (χ0n) is 10.1. The van der Waals surface area contributed by atoms with Crippen LogP contribution in [0.15, 0.2) is 24.3 Å². The first-order valence-electron chi connectivity index (χ1n) is 5.71. The van der Waals surface area contributed by atoms with Gasteiger partial charge in [-0.2, -0.15) is 0 Å². The Labute approximate surface area is 101 Å². The van der Waals surface area contributed by atoms with E-state index in [1.54, 1.807) is 12.1 Å². The molecule has 1 aromatic rings. The van der Waals surface area contributed by atoms with Crippen molar-refractivity contribution in [3.63, 3.8) is 0 Å². The molecular weight excluding hydrogens is 216 g/mol. The van der Waals surface area contributed by atoms with E-state index in [1.807, 2.05) is 13.0 Å². The van der Waals surface area contributed by atoms with Crippen LogP contribution in [0.25, 0.3) is 5.57 Å². The van der Waals surface area contributed by atoms with Gasteiger partial charge in [-0.1, -0.05) is 6.08 Å². The molecule has 4 nitrogen and oxygen atoms in total. The second kappa shape index (κ2) is 4.67. The van der Waals surface area contributed by atoms with Gasteiger partial charge in [-0.3, -0.25) is 10.1 Å². The summed E-state index contributed by atoms with van der Waals surface area (Å²) in [5.41, 5.74) is 3.59. The molecule has 17 heavy (non-hydrogen) atoms. The average Bonchev–Trinajstić information content (AvgIpc) is 2.30. The van der Waals surface area contributed by atoms with Gasteiger partial charge in [0.25, 0.3) is 5.69 Å². The first-order chi connectivity index (χ1) is 8.08. The molecule has 0 saturated carbocycles. The lowest BCUT2D eigenvalue weighted by atomic mass is 9.95. The van der Waals surface area contributed by atoms with Crippen LogP contribution in [0.2, 0.25) is 0 Å². The number of aryl methyl sites for hydroxylation is 1. The summed E-state index contributed by atoms with van der Waals surface area (Å²) < 4.78 is 0. The molecular formula is C13H16N2O2. The first kappa shape index (κ1) is 11.8. The zero-order valence-corrected chi connectivity index (χ0v) is 10.1. The van der Waals surface area contributed by atoms with Crippen molar-refractivity contribution in [1.82, 2.24) is 4.90 Å². The van der Waals surface area contributed by atoms with Crippen LogP contribution < -0.4 is 0 Å². The van der Waals surface area contributed by atoms with E-state index in [2.05, 4.69) is 18.0 Å². The standard InChI is InChI=1S/C13H16N2O2/c1-10-9-12(15(16)17)3-4-13(10)11-5-7-14(2)8-6-11/h3-5,9H,6-8H2,1-2H3. The molecule has 1 aromatic carbocycles. The van der Waals surface area contributed by atoms with E-state index in [4.69, 9.17) is 0 Å². The number of nitro benzene ring substituents is 1. The molecule has 1 aliphatic rings. The van der Waals surface area contributed by atoms with Crippen LogP contribution in [0.1, 0.15) is 17.5 Å². The third-order valence-corrected chi connectivity index (χ3v) is 3.18. The van der Waals surface area contributed by atoms with E-state index in [-0.39, 0.29) is 10.6 Å². The van der Waals surface area contributed by atoms with E-state index in [1.165, 1.54) is 5.57 Å². The summed E-state index contributed by atoms with van der Waals surface area (Å²) >= 11 is 0. The first-order valence-corrected chi connectivity index (χ1v) is 5.71. The summed E-state index contributed by atoms with van der Waals surface area (Å²) in [5.74, 6) is 0. The summed E-state index contributed by atoms with van der Waals surface area (Å²) in [4.78, 5) is 12.6. The molecule has 1 heterocycles. The molecule has 1 aliphatic heterocycles. The number of hydrogen-bond acceptors (Lipinski definition) is 3. The Morgan fingerprint density at radius 3 is 2.71 bits per heavy atom. The molecule has 0 atom stereocenters. The molecule has 0 aromatic heterocycles. The Morgan fingerprint density at radius 1 is 1.41 bits per heavy atom. The largest absolute Gasteiger partial charge is 0.302 e. The van der Waals surface area contributed by atoms with Crippen molar-refractivity contribution in [2.75, 3.05) is 20.1 Å². The maximum Gasteiger partial charge on any atom is 0.269 e. The van der Waals surface area contributed by atoms with Crippen LogP contribution in [-0.2, 0) is 0 Å². The molecule has 0 amide bonds. The van der Waals surface area contributed by atoms with Gasteiger partial charge in [0.15, 0.2) is 0 Å². The number of non-ortho nitro benzene ring substituents is 1. The highest BCUT2D eigenvalue weighted by atomic mass is 16.6. The van der Waals surface area contributed by atoms with E-state index >= 15 is 0 Å². The van der Waals surface area contributed by atoms with Gasteiger partial charge in [0.2, 0.25) is 0 Å². The zero-order chi connectivity index (χ0) is 12.4. The number of benzene rings is 1. The normalized spacial score (nSPS) is 16.7. The quantitative estimate of drug-likeness (QED) is 0.581. The van der Waals surface area contributed by atoms with Gasteiger partial charge in [-0.05, 0) is 43.2 Å². The summed E-state index contributed by atoms with van der Waals surface area (Å²) in [5, 5.41) is 10.7. The summed E-state index contributed by atoms with van der Waals surface area (Å²) in [6, 6.07) is 5.10. The van der Waals surface area contributed by atoms with Crippen molar-refractivity contribution in [2.45, 2.75) is 13.3 Å². The van der Waals surface area contributed by atoms with Crippen LogP contribution >= 0.6 is 0 Å². The highest BCUT2D eigenvalue weighted by Crippen LogP contribution is 2.27. The van der Waals surface area contributed by atoms with Crippen molar-refractivity contribution in [3.8, 4) is 0 Å². The van der Waals surface area contributed by atoms with E-state index < -0.39 is 0 Å². The van der Waals surface area contributed by atoms with Crippen molar-refractivity contribution >= 4 is 11.3 Å². The highest BCUT2D eigenvalue weighted by molar-refractivity contribution is 5.70. The Hall–Kier alpha value is -1.68. The van der Waals surface area contributed by atoms with Gasteiger partial charge < -0.3 is 4.90 Å². The van der Waals surface area contributed by atoms with Crippen molar-refractivity contribution in [3.05, 3.63) is 45.5 Å². The van der Waals surface area contributed by atoms with Crippen LogP contribution in [0.5, 0.6) is 0 Å². The molecule has 0 saturated heterocycles. The number of nitrogens with zero attached hydrogens (tertiary/aromatic N) is 2. The Bertz CT molecular complexity index is 480. The lowest BCUT2D eigenvalue weighted by Gasteiger charge is -2.22. The fourth-order valence-corrected chi connectivity index (χ4v) is 2.14. The van der Waals surface area contributed by atoms with Gasteiger partial charge in [-0.25, -0.2) is 0 Å². The lowest BCUT2D eigenvalue weighted by molar-refractivity contribution is -0.384. The van der Waals surface area contributed by atoms with Gasteiger partial charge in [0, 0.05) is 25.2 Å². The summed E-state index contributed by atoms with van der Waals surface area (Å²) in [7, 11) is 2.09. The second-order valence-corrected chi connectivity index (χ2v) is 4.50. The second-order valence-electron chi connectivity index (χ2n) is 4.50. The third-order valence-electron chi connectivity index (χ3n) is 3.18. The molecule has 0 bridgehead atoms. The van der Waals surface area contributed by atoms with E-state index in [9.17, 15) is 10.1 Å². The van der Waals surface area contributed by atoms with Gasteiger partial charge >= 0.3 is 0 Å². The van der Waals surface area contributed by atoms with Crippen LogP contribution in [0.4, 0.5) is 5.69 Å². The number of nitro groups is 1. The number of likely N-dealkylation sites (N-methyl/N-ethyl adjacent to an activating group) is 1. The van der Waals surface area contributed by atoms with E-state index in [0.717, 1.165) is 30.6 Å². The number of rotatable bonds is 2. The Balaban J connectivity index is 2.31. The fourth-order valence-electron chi connectivity index (χ4n) is 2.14. The molecule has 4 heteroatoms. The van der Waals surface area contributed by atoms with Crippen LogP contribution in [-0.4, -0.2) is 30.0 Å². The molecule has 0 unspecified atom stereocenters. The van der Waals surface area contributed by atoms with Gasteiger partial charge in [0.05, 0.1) is 4.92 Å². The van der Waals surface area contributed by atoms with E-state index in [0.29, 0.717) is 0 Å². The minimum Gasteiger partial charge on any atom is -0.302 e. The minimum absolute atomic E-state index is 0.166. The maximum absolute atomic E-state index is 10.7. The average molecular weight is 232 g/mol. The fraction of sp³-hybridized carbons (Fsp3) is 0.385. The van der Waals surface area contributed by atoms with Crippen molar-refractivity contribution in [2.24, 2.45) is 0 Å². The molecule has 0 N–H and O–H groups in total. The van der Waals surface area contributed by atoms with Gasteiger partial charge in [-0.15, -0.1) is 0 Å². The molecule has 0 aliphatic carbocycles. The SMILES string of the molecule is Cc1cc([N+](=O)[O-])ccc1C1=CCN(C)CC1. The van der Waals surface area contributed by atoms with Crippen LogP contribution in [0.3, 0.4) is 0 Å². The molecule has 0 fully saturated rings. The number of hydrogen-bond donors (Lipinski definition) is 0. The minimum atomic E-state index is -0.347. The maximum atomic E-state index is 10.7. The van der Waals surface area contributed by atoms with Crippen LogP contribution in [0, 0.1) is 17.0 Å². The third kappa shape index (κ3) is 2.53. The Morgan fingerprint density at radius 2 is 2.18 bits per heavy atom. The predicted octanol–water partition coefficient (Wildman–Crippen LogP) is 2.62. The van der Waals surface area contributed by atoms with Crippen molar-refractivity contribution < 1.29 is 4.92 Å². The predicted molar refractivity (Wildman–Crippen MR) is 67.9 cm³/mol.